The van der Waals surface area contributed by atoms with Crippen molar-refractivity contribution in [2.24, 2.45) is 5.10 Å². The minimum Gasteiger partial charge on any atom is -0.383 e. The van der Waals surface area contributed by atoms with Crippen molar-refractivity contribution >= 4 is 40.1 Å². The molecule has 5 rings (SSSR count). The van der Waals surface area contributed by atoms with Crippen LogP contribution >= 0.6 is 0 Å². The summed E-state index contributed by atoms with van der Waals surface area (Å²) >= 11 is 0. The van der Waals surface area contributed by atoms with Crippen LogP contribution in [0.3, 0.4) is 0 Å². The van der Waals surface area contributed by atoms with Crippen LogP contribution in [0, 0.1) is 0 Å². The molecule has 0 unspecified atom stereocenters. The minimum absolute atomic E-state index is 0.209. The molecule has 0 radical (unpaired) electrons. The molecule has 3 aromatic carbocycles. The Kier molecular flexibility index (Phi) is 6.94. The average Bonchev–Trinajstić information content (AvgIpc) is 3.19. The van der Waals surface area contributed by atoms with Crippen molar-refractivity contribution in [2.75, 3.05) is 12.3 Å². The summed E-state index contributed by atoms with van der Waals surface area (Å²) in [5.41, 5.74) is 12.5. The Hall–Kier alpha value is -4.52. The molecule has 0 aliphatic carbocycles. The number of nitrogens with two attached hydrogens (primary N) is 1. The van der Waals surface area contributed by atoms with Gasteiger partial charge in [0.15, 0.2) is 5.65 Å². The molecule has 37 heavy (non-hydrogen) atoms. The summed E-state index contributed by atoms with van der Waals surface area (Å²) in [6, 6.07) is 26.0. The van der Waals surface area contributed by atoms with Crippen molar-refractivity contribution in [3.05, 3.63) is 101 Å². The third kappa shape index (κ3) is 5.21. The lowest BCUT2D eigenvalue weighted by atomic mass is 10.0. The van der Waals surface area contributed by atoms with Gasteiger partial charge in [0.2, 0.25) is 0 Å². The Bertz CT molecular complexity index is 1570. The van der Waals surface area contributed by atoms with E-state index in [-0.39, 0.29) is 11.7 Å². The molecule has 1 amide bonds. The van der Waals surface area contributed by atoms with E-state index in [1.165, 1.54) is 15.8 Å². The van der Waals surface area contributed by atoms with Crippen LogP contribution in [0.5, 0.6) is 0 Å². The van der Waals surface area contributed by atoms with Crippen LogP contribution in [0.2, 0.25) is 0 Å². The molecular formula is C30H30N6O. The van der Waals surface area contributed by atoms with Crippen LogP contribution in [0.1, 0.15) is 53.2 Å². The van der Waals surface area contributed by atoms with Crippen LogP contribution in [-0.2, 0) is 6.42 Å². The first-order chi connectivity index (χ1) is 18.0. The number of carbonyl (C=O) groups excluding carboxylic acids is 1. The molecule has 0 fully saturated rings. The zero-order valence-corrected chi connectivity index (χ0v) is 21.1. The van der Waals surface area contributed by atoms with Crippen molar-refractivity contribution in [1.29, 1.82) is 0 Å². The summed E-state index contributed by atoms with van der Waals surface area (Å²) in [5.74, 6) is 0.378. The molecule has 2 aromatic heterocycles. The van der Waals surface area contributed by atoms with Crippen molar-refractivity contribution in [3.63, 3.8) is 0 Å². The first-order valence-electron chi connectivity index (χ1n) is 12.5. The highest BCUT2D eigenvalue weighted by Gasteiger charge is 2.23. The van der Waals surface area contributed by atoms with Crippen molar-refractivity contribution < 1.29 is 4.79 Å². The monoisotopic (exact) mass is 490 g/mol. The van der Waals surface area contributed by atoms with Gasteiger partial charge in [0, 0.05) is 6.54 Å². The summed E-state index contributed by atoms with van der Waals surface area (Å²) in [4.78, 5) is 22.8. The number of fused-ring (bicyclic) bond motifs is 2. The SMILES string of the molecule is CC(C)c1ccc(/C=N/n2c(N)c(C(=O)NCCCc3ccccc3)c3nc4ccccc4nc32)cc1. The maximum atomic E-state index is 13.3. The largest absolute Gasteiger partial charge is 0.383 e. The molecule has 0 saturated heterocycles. The smallest absolute Gasteiger partial charge is 0.257 e. The van der Waals surface area contributed by atoms with Gasteiger partial charge in [0.05, 0.1) is 17.2 Å². The number of aromatic nitrogens is 3. The van der Waals surface area contributed by atoms with Gasteiger partial charge in [-0.1, -0.05) is 80.6 Å². The first kappa shape index (κ1) is 24.2. The third-order valence-electron chi connectivity index (χ3n) is 6.40. The molecule has 0 bridgehead atoms. The van der Waals surface area contributed by atoms with Crippen molar-refractivity contribution in [3.8, 4) is 0 Å². The molecule has 2 heterocycles. The predicted molar refractivity (Wildman–Crippen MR) is 150 cm³/mol. The fraction of sp³-hybridized carbons (Fsp3) is 0.200. The molecule has 5 aromatic rings. The Morgan fingerprint density at radius 2 is 1.65 bits per heavy atom. The lowest BCUT2D eigenvalue weighted by Gasteiger charge is -2.06. The maximum absolute atomic E-state index is 13.3. The quantitative estimate of drug-likeness (QED) is 0.221. The topological polar surface area (TPSA) is 98.2 Å². The second-order valence-corrected chi connectivity index (χ2v) is 9.37. The second kappa shape index (κ2) is 10.6. The summed E-state index contributed by atoms with van der Waals surface area (Å²) in [5, 5.41) is 7.61. The predicted octanol–water partition coefficient (Wildman–Crippen LogP) is 5.53. The Labute approximate surface area is 216 Å². The van der Waals surface area contributed by atoms with Gasteiger partial charge in [-0.2, -0.15) is 9.78 Å². The lowest BCUT2D eigenvalue weighted by Crippen LogP contribution is -2.25. The van der Waals surface area contributed by atoms with Crippen molar-refractivity contribution in [1.82, 2.24) is 20.0 Å². The molecule has 0 aliphatic heterocycles. The van der Waals surface area contributed by atoms with Gasteiger partial charge >= 0.3 is 0 Å². The summed E-state index contributed by atoms with van der Waals surface area (Å²) < 4.78 is 1.50. The molecule has 0 spiro atoms. The van der Waals surface area contributed by atoms with E-state index in [0.29, 0.717) is 40.2 Å². The van der Waals surface area contributed by atoms with E-state index in [0.717, 1.165) is 18.4 Å². The van der Waals surface area contributed by atoms with E-state index >= 15 is 0 Å². The Morgan fingerprint density at radius 1 is 0.973 bits per heavy atom. The zero-order chi connectivity index (χ0) is 25.8. The van der Waals surface area contributed by atoms with Gasteiger partial charge in [-0.25, -0.2) is 9.97 Å². The molecule has 0 saturated carbocycles. The normalized spacial score (nSPS) is 11.6. The molecule has 3 N–H and O–H groups in total. The number of benzene rings is 3. The highest BCUT2D eigenvalue weighted by atomic mass is 16.1. The van der Waals surface area contributed by atoms with Crippen LogP contribution in [-0.4, -0.2) is 33.3 Å². The second-order valence-electron chi connectivity index (χ2n) is 9.37. The van der Waals surface area contributed by atoms with Crippen LogP contribution in [0.25, 0.3) is 22.2 Å². The number of nitrogen functional groups attached to an aromatic ring is 1. The number of carbonyl (C=O) groups is 1. The molecule has 0 atom stereocenters. The van der Waals surface area contributed by atoms with E-state index in [9.17, 15) is 4.79 Å². The van der Waals surface area contributed by atoms with E-state index in [1.54, 1.807) is 6.21 Å². The standard InChI is InChI=1S/C30H30N6O/c1-20(2)23-16-14-22(15-17-23)19-33-36-28(31)26(27-29(36)35-25-13-7-6-12-24(25)34-27)30(37)32-18-8-11-21-9-4-3-5-10-21/h3-7,9-10,12-17,19-20H,8,11,18,31H2,1-2H3,(H,32,37)/b33-19+. The van der Waals surface area contributed by atoms with Gasteiger partial charge in [-0.05, 0) is 47.6 Å². The fourth-order valence-electron chi connectivity index (χ4n) is 4.31. The number of nitrogens with zero attached hydrogens (tertiary/aromatic N) is 4. The fourth-order valence-corrected chi connectivity index (χ4v) is 4.31. The minimum atomic E-state index is -0.282. The van der Waals surface area contributed by atoms with E-state index in [2.05, 4.69) is 48.5 Å². The molecular weight excluding hydrogens is 460 g/mol. The number of amides is 1. The van der Waals surface area contributed by atoms with Crippen LogP contribution < -0.4 is 11.1 Å². The van der Waals surface area contributed by atoms with E-state index < -0.39 is 0 Å². The number of hydrogen-bond acceptors (Lipinski definition) is 5. The van der Waals surface area contributed by atoms with Crippen molar-refractivity contribution in [2.45, 2.75) is 32.6 Å². The van der Waals surface area contributed by atoms with E-state index in [1.807, 2.05) is 54.6 Å². The summed E-state index contributed by atoms with van der Waals surface area (Å²) in [7, 11) is 0. The maximum Gasteiger partial charge on any atom is 0.257 e. The number of nitrogens with one attached hydrogen (secondary N) is 1. The highest BCUT2D eigenvalue weighted by Crippen LogP contribution is 2.28. The zero-order valence-electron chi connectivity index (χ0n) is 21.1. The number of para-hydroxylation sites is 2. The molecule has 0 aliphatic rings. The molecule has 7 heteroatoms. The first-order valence-corrected chi connectivity index (χ1v) is 12.5. The third-order valence-corrected chi connectivity index (χ3v) is 6.40. The summed E-state index contributed by atoms with van der Waals surface area (Å²) in [6.07, 6.45) is 3.41. The Balaban J connectivity index is 1.46. The van der Waals surface area contributed by atoms with Gasteiger partial charge in [0.1, 0.15) is 16.9 Å². The number of anilines is 1. The van der Waals surface area contributed by atoms with Gasteiger partial charge in [-0.15, -0.1) is 0 Å². The number of rotatable bonds is 8. The highest BCUT2D eigenvalue weighted by molar-refractivity contribution is 6.10. The average molecular weight is 491 g/mol. The van der Waals surface area contributed by atoms with E-state index in [4.69, 9.17) is 15.7 Å². The Morgan fingerprint density at radius 3 is 2.35 bits per heavy atom. The number of hydrogen-bond donors (Lipinski definition) is 2. The van der Waals surface area contributed by atoms with Gasteiger partial charge in [-0.3, -0.25) is 4.79 Å². The molecule has 186 valence electrons. The molecule has 7 nitrogen and oxygen atoms in total. The van der Waals surface area contributed by atoms with Crippen LogP contribution in [0.4, 0.5) is 5.82 Å². The number of aryl methyl sites for hydroxylation is 1. The summed E-state index contributed by atoms with van der Waals surface area (Å²) in [6.45, 7) is 4.84. The van der Waals surface area contributed by atoms with Gasteiger partial charge in [0.25, 0.3) is 5.91 Å². The lowest BCUT2D eigenvalue weighted by molar-refractivity contribution is 0.0955. The van der Waals surface area contributed by atoms with Gasteiger partial charge < -0.3 is 11.1 Å². The van der Waals surface area contributed by atoms with Crippen LogP contribution in [0.15, 0.2) is 84.0 Å².